The third-order valence-electron chi connectivity index (χ3n) is 7.02. The SMILES string of the molecule is O=C(COc1ccc(Cl)cc1Cl)N1CCN(c2ccc(N3CCN(CC4CCCO4)CC3)nn2)CC1. The second-order valence-corrected chi connectivity index (χ2v) is 10.2. The molecule has 2 aromatic rings. The molecule has 1 aromatic heterocycles. The number of aromatic nitrogens is 2. The van der Waals surface area contributed by atoms with Gasteiger partial charge in [0, 0.05) is 70.5 Å². The Labute approximate surface area is 221 Å². The Morgan fingerprint density at radius 1 is 0.944 bits per heavy atom. The first-order chi connectivity index (χ1) is 17.5. The molecule has 0 saturated carbocycles. The van der Waals surface area contributed by atoms with Crippen molar-refractivity contribution in [3.63, 3.8) is 0 Å². The van der Waals surface area contributed by atoms with E-state index < -0.39 is 0 Å². The number of halogens is 2. The summed E-state index contributed by atoms with van der Waals surface area (Å²) >= 11 is 12.0. The minimum absolute atomic E-state index is 0.0587. The topological polar surface area (TPSA) is 74.3 Å². The normalized spacial score (nSPS) is 21.2. The maximum absolute atomic E-state index is 12.6. The van der Waals surface area contributed by atoms with Crippen LogP contribution >= 0.6 is 23.2 Å². The summed E-state index contributed by atoms with van der Waals surface area (Å²) in [4.78, 5) is 21.4. The van der Waals surface area contributed by atoms with Crippen molar-refractivity contribution in [1.82, 2.24) is 20.0 Å². The molecule has 3 fully saturated rings. The maximum atomic E-state index is 12.6. The quantitative estimate of drug-likeness (QED) is 0.536. The summed E-state index contributed by atoms with van der Waals surface area (Å²) < 4.78 is 11.4. The zero-order valence-electron chi connectivity index (χ0n) is 20.3. The molecule has 9 nitrogen and oxygen atoms in total. The molecule has 3 aliphatic heterocycles. The van der Waals surface area contributed by atoms with Gasteiger partial charge in [-0.15, -0.1) is 10.2 Å². The molecule has 0 aliphatic carbocycles. The summed E-state index contributed by atoms with van der Waals surface area (Å²) in [6, 6.07) is 9.04. The van der Waals surface area contributed by atoms with Gasteiger partial charge in [-0.05, 0) is 43.2 Å². The molecule has 0 N–H and O–H groups in total. The van der Waals surface area contributed by atoms with Crippen molar-refractivity contribution in [2.45, 2.75) is 18.9 Å². The van der Waals surface area contributed by atoms with E-state index in [1.165, 1.54) is 12.8 Å². The minimum atomic E-state index is -0.0688. The van der Waals surface area contributed by atoms with Crippen LogP contribution in [0.4, 0.5) is 11.6 Å². The van der Waals surface area contributed by atoms with E-state index in [0.29, 0.717) is 48.1 Å². The van der Waals surface area contributed by atoms with Crippen LogP contribution in [0.25, 0.3) is 0 Å². The van der Waals surface area contributed by atoms with Gasteiger partial charge in [0.2, 0.25) is 0 Å². The van der Waals surface area contributed by atoms with Crippen molar-refractivity contribution in [3.05, 3.63) is 40.4 Å². The van der Waals surface area contributed by atoms with Crippen molar-refractivity contribution in [1.29, 1.82) is 0 Å². The first-order valence-electron chi connectivity index (χ1n) is 12.6. The monoisotopic (exact) mass is 534 g/mol. The lowest BCUT2D eigenvalue weighted by Gasteiger charge is -2.37. The molecule has 194 valence electrons. The summed E-state index contributed by atoms with van der Waals surface area (Å²) in [5.41, 5.74) is 0. The molecule has 5 rings (SSSR count). The summed E-state index contributed by atoms with van der Waals surface area (Å²) in [5, 5.41) is 9.91. The first-order valence-corrected chi connectivity index (χ1v) is 13.3. The summed E-state index contributed by atoms with van der Waals surface area (Å²) in [6.07, 6.45) is 2.77. The first kappa shape index (κ1) is 25.3. The van der Waals surface area contributed by atoms with Gasteiger partial charge in [-0.25, -0.2) is 0 Å². The van der Waals surface area contributed by atoms with E-state index in [-0.39, 0.29) is 12.5 Å². The van der Waals surface area contributed by atoms with E-state index in [1.54, 1.807) is 23.1 Å². The van der Waals surface area contributed by atoms with E-state index >= 15 is 0 Å². The molecule has 3 aliphatic rings. The fraction of sp³-hybridized carbons (Fsp3) is 0.560. The molecule has 3 saturated heterocycles. The van der Waals surface area contributed by atoms with Crippen molar-refractivity contribution in [3.8, 4) is 5.75 Å². The van der Waals surface area contributed by atoms with Crippen LogP contribution in [0.1, 0.15) is 12.8 Å². The molecule has 36 heavy (non-hydrogen) atoms. The van der Waals surface area contributed by atoms with Gasteiger partial charge < -0.3 is 24.2 Å². The molecule has 0 spiro atoms. The van der Waals surface area contributed by atoms with Crippen molar-refractivity contribution in [2.75, 3.05) is 81.9 Å². The van der Waals surface area contributed by atoms with Gasteiger partial charge in [-0.1, -0.05) is 23.2 Å². The number of piperazine rings is 2. The number of carbonyl (C=O) groups excluding carboxylic acids is 1. The second kappa shape index (κ2) is 11.8. The Morgan fingerprint density at radius 3 is 2.19 bits per heavy atom. The summed E-state index contributed by atoms with van der Waals surface area (Å²) in [7, 11) is 0. The molecule has 0 radical (unpaired) electrons. The number of ether oxygens (including phenoxy) is 2. The molecule has 1 unspecified atom stereocenters. The highest BCUT2D eigenvalue weighted by Gasteiger charge is 2.25. The number of benzene rings is 1. The zero-order valence-corrected chi connectivity index (χ0v) is 21.8. The van der Waals surface area contributed by atoms with E-state index in [2.05, 4.69) is 31.0 Å². The summed E-state index contributed by atoms with van der Waals surface area (Å²) in [6.45, 7) is 8.43. The number of rotatable bonds is 7. The predicted molar refractivity (Wildman–Crippen MR) is 140 cm³/mol. The van der Waals surface area contributed by atoms with E-state index in [0.717, 1.165) is 51.0 Å². The van der Waals surface area contributed by atoms with Gasteiger partial charge in [0.25, 0.3) is 5.91 Å². The van der Waals surface area contributed by atoms with Crippen LogP contribution in [-0.2, 0) is 9.53 Å². The standard InChI is InChI=1S/C25H32Cl2N6O3/c26-19-3-4-22(21(27)16-19)36-18-25(34)33-13-11-32(12-14-33)24-6-5-23(28-29-24)31-9-7-30(8-10-31)17-20-2-1-15-35-20/h3-6,16,20H,1-2,7-15,17-18H2. The highest BCUT2D eigenvalue weighted by atomic mass is 35.5. The fourth-order valence-corrected chi connectivity index (χ4v) is 5.36. The van der Waals surface area contributed by atoms with Crippen LogP contribution in [0.2, 0.25) is 10.0 Å². The van der Waals surface area contributed by atoms with Gasteiger partial charge >= 0.3 is 0 Å². The molecule has 1 amide bonds. The van der Waals surface area contributed by atoms with Crippen LogP contribution in [0.15, 0.2) is 30.3 Å². The van der Waals surface area contributed by atoms with E-state index in [1.807, 2.05) is 6.07 Å². The average Bonchev–Trinajstić information content (AvgIpc) is 3.42. The van der Waals surface area contributed by atoms with Crippen LogP contribution in [-0.4, -0.2) is 104 Å². The lowest BCUT2D eigenvalue weighted by atomic mass is 10.2. The number of hydrogen-bond donors (Lipinski definition) is 0. The molecule has 1 aromatic carbocycles. The molecule has 0 bridgehead atoms. The lowest BCUT2D eigenvalue weighted by Crippen LogP contribution is -2.50. The third kappa shape index (κ3) is 6.32. The van der Waals surface area contributed by atoms with Crippen LogP contribution < -0.4 is 14.5 Å². The predicted octanol–water partition coefficient (Wildman–Crippen LogP) is 2.81. The van der Waals surface area contributed by atoms with Gasteiger partial charge in [0.15, 0.2) is 18.2 Å². The number of carbonyl (C=O) groups is 1. The molecule has 4 heterocycles. The molecule has 11 heteroatoms. The third-order valence-corrected chi connectivity index (χ3v) is 7.55. The van der Waals surface area contributed by atoms with E-state index in [9.17, 15) is 4.79 Å². The number of hydrogen-bond acceptors (Lipinski definition) is 8. The minimum Gasteiger partial charge on any atom is -0.482 e. The fourth-order valence-electron chi connectivity index (χ4n) is 4.90. The smallest absolute Gasteiger partial charge is 0.260 e. The summed E-state index contributed by atoms with van der Waals surface area (Å²) in [5.74, 6) is 2.14. The van der Waals surface area contributed by atoms with Crippen molar-refractivity contribution in [2.24, 2.45) is 0 Å². The van der Waals surface area contributed by atoms with Crippen LogP contribution in [0.3, 0.4) is 0 Å². The van der Waals surface area contributed by atoms with Gasteiger partial charge in [-0.2, -0.15) is 0 Å². The Kier molecular flexibility index (Phi) is 8.31. The van der Waals surface area contributed by atoms with Crippen molar-refractivity contribution < 1.29 is 14.3 Å². The number of anilines is 2. The zero-order chi connectivity index (χ0) is 24.9. The Balaban J connectivity index is 1.05. The second-order valence-electron chi connectivity index (χ2n) is 9.40. The largest absolute Gasteiger partial charge is 0.482 e. The van der Waals surface area contributed by atoms with Crippen LogP contribution in [0.5, 0.6) is 5.75 Å². The Hall–Kier alpha value is -2.33. The highest BCUT2D eigenvalue weighted by Crippen LogP contribution is 2.27. The molecular formula is C25H32Cl2N6O3. The maximum Gasteiger partial charge on any atom is 0.260 e. The van der Waals surface area contributed by atoms with Gasteiger partial charge in [0.1, 0.15) is 5.75 Å². The average molecular weight is 535 g/mol. The molecule has 1 atom stereocenters. The molecular weight excluding hydrogens is 503 g/mol. The van der Waals surface area contributed by atoms with Gasteiger partial charge in [-0.3, -0.25) is 9.69 Å². The van der Waals surface area contributed by atoms with Crippen molar-refractivity contribution >= 4 is 40.7 Å². The van der Waals surface area contributed by atoms with Crippen LogP contribution in [0, 0.1) is 0 Å². The number of amides is 1. The Morgan fingerprint density at radius 2 is 1.61 bits per heavy atom. The number of nitrogens with zero attached hydrogens (tertiary/aromatic N) is 6. The highest BCUT2D eigenvalue weighted by molar-refractivity contribution is 6.35. The Bertz CT molecular complexity index is 1020. The van der Waals surface area contributed by atoms with E-state index in [4.69, 9.17) is 32.7 Å². The van der Waals surface area contributed by atoms with Gasteiger partial charge in [0.05, 0.1) is 11.1 Å². The lowest BCUT2D eigenvalue weighted by molar-refractivity contribution is -0.133.